The molecule has 3 N–H and O–H groups in total. The number of hydrogen-bond acceptors (Lipinski definition) is 4. The van der Waals surface area contributed by atoms with Crippen LogP contribution in [0.25, 0.3) is 11.3 Å². The Morgan fingerprint density at radius 1 is 1.03 bits per heavy atom. The molecule has 0 unspecified atom stereocenters. The van der Waals surface area contributed by atoms with Crippen LogP contribution in [0.2, 0.25) is 0 Å². The van der Waals surface area contributed by atoms with Gasteiger partial charge in [0, 0.05) is 37.5 Å². The Morgan fingerprint density at radius 2 is 1.79 bits per heavy atom. The largest absolute Gasteiger partial charge is 0.441 e. The third-order valence-corrected chi connectivity index (χ3v) is 5.08. The molecule has 0 spiro atoms. The molecule has 0 bridgehead atoms. The zero-order valence-corrected chi connectivity index (χ0v) is 16.8. The zero-order valence-electron chi connectivity index (χ0n) is 16.8. The Balaban J connectivity index is 1.25. The van der Waals surface area contributed by atoms with E-state index < -0.39 is 0 Å². The summed E-state index contributed by atoms with van der Waals surface area (Å²) in [5.74, 6) is 1.34. The molecule has 29 heavy (non-hydrogen) atoms. The number of amides is 3. The smallest absolute Gasteiger partial charge is 0.315 e. The molecule has 1 aliphatic rings. The normalized spacial score (nSPS) is 14.3. The number of oxazole rings is 1. The van der Waals surface area contributed by atoms with Crippen LogP contribution >= 0.6 is 0 Å². The number of carbonyl (C=O) groups is 2. The van der Waals surface area contributed by atoms with Gasteiger partial charge in [-0.3, -0.25) is 4.79 Å². The van der Waals surface area contributed by atoms with Crippen LogP contribution in [-0.2, 0) is 11.2 Å². The number of carbonyl (C=O) groups excluding carboxylic acids is 2. The van der Waals surface area contributed by atoms with E-state index in [4.69, 9.17) is 4.42 Å². The fourth-order valence-corrected chi connectivity index (χ4v) is 3.51. The first-order chi connectivity index (χ1) is 14.2. The zero-order chi connectivity index (χ0) is 20.3. The van der Waals surface area contributed by atoms with Gasteiger partial charge >= 0.3 is 6.03 Å². The molecule has 1 aromatic heterocycles. The van der Waals surface area contributed by atoms with Crippen LogP contribution in [-0.4, -0.2) is 36.1 Å². The molecule has 1 aliphatic carbocycles. The minimum absolute atomic E-state index is 0.0330. The summed E-state index contributed by atoms with van der Waals surface area (Å²) in [5.41, 5.74) is 0.990. The number of benzene rings is 1. The van der Waals surface area contributed by atoms with Crippen LogP contribution in [0.1, 0.15) is 50.8 Å². The SMILES string of the molecule is O=C(CCCc1ncc(-c2ccccc2)o1)NCCNC(=O)NC1CCCCC1. The lowest BCUT2D eigenvalue weighted by molar-refractivity contribution is -0.121. The summed E-state index contributed by atoms with van der Waals surface area (Å²) in [6.45, 7) is 0.846. The van der Waals surface area contributed by atoms with Gasteiger partial charge in [-0.2, -0.15) is 0 Å². The Labute approximate surface area is 171 Å². The van der Waals surface area contributed by atoms with E-state index >= 15 is 0 Å². The van der Waals surface area contributed by atoms with Gasteiger partial charge in [0.1, 0.15) is 0 Å². The van der Waals surface area contributed by atoms with Gasteiger partial charge in [0.15, 0.2) is 11.7 Å². The Kier molecular flexibility index (Phi) is 8.10. The van der Waals surface area contributed by atoms with E-state index in [0.717, 1.165) is 24.2 Å². The van der Waals surface area contributed by atoms with Crippen LogP contribution in [0, 0.1) is 0 Å². The van der Waals surface area contributed by atoms with Crippen molar-refractivity contribution in [1.82, 2.24) is 20.9 Å². The fraction of sp³-hybridized carbons (Fsp3) is 0.500. The van der Waals surface area contributed by atoms with Gasteiger partial charge in [0.05, 0.1) is 6.20 Å². The molecular formula is C22H30N4O3. The standard InChI is InChI=1S/C22H30N4O3/c27-20(23-14-15-24-22(28)26-18-10-5-2-6-11-18)12-7-13-21-25-16-19(29-21)17-8-3-1-4-9-17/h1,3-4,8-9,16,18H,2,5-7,10-15H2,(H,23,27)(H2,24,26,28). The molecule has 1 heterocycles. The van der Waals surface area contributed by atoms with E-state index in [9.17, 15) is 9.59 Å². The molecule has 2 aromatic rings. The number of rotatable bonds is 9. The lowest BCUT2D eigenvalue weighted by Gasteiger charge is -2.22. The first kappa shape index (κ1) is 20.9. The highest BCUT2D eigenvalue weighted by Gasteiger charge is 2.15. The van der Waals surface area contributed by atoms with Crippen molar-refractivity contribution in [3.05, 3.63) is 42.4 Å². The second-order valence-corrected chi connectivity index (χ2v) is 7.42. The molecule has 7 nitrogen and oxygen atoms in total. The minimum atomic E-state index is -0.149. The third kappa shape index (κ3) is 7.25. The van der Waals surface area contributed by atoms with E-state index in [0.29, 0.717) is 38.2 Å². The van der Waals surface area contributed by atoms with Gasteiger partial charge in [-0.05, 0) is 19.3 Å². The Bertz CT molecular complexity index is 769. The molecule has 7 heteroatoms. The summed E-state index contributed by atoms with van der Waals surface area (Å²) in [5, 5.41) is 8.62. The number of nitrogens with one attached hydrogen (secondary N) is 3. The molecule has 0 saturated heterocycles. The summed E-state index contributed by atoms with van der Waals surface area (Å²) in [4.78, 5) is 28.0. The lowest BCUT2D eigenvalue weighted by atomic mass is 9.96. The maximum Gasteiger partial charge on any atom is 0.315 e. The fourth-order valence-electron chi connectivity index (χ4n) is 3.51. The van der Waals surface area contributed by atoms with Gasteiger partial charge in [0.2, 0.25) is 5.91 Å². The molecule has 3 amide bonds. The predicted molar refractivity (Wildman–Crippen MR) is 111 cm³/mol. The molecule has 3 rings (SSSR count). The number of urea groups is 1. The quantitative estimate of drug-likeness (QED) is 0.564. The van der Waals surface area contributed by atoms with Crippen LogP contribution in [0.4, 0.5) is 4.79 Å². The number of aryl methyl sites for hydroxylation is 1. The molecule has 1 aromatic carbocycles. The van der Waals surface area contributed by atoms with E-state index in [2.05, 4.69) is 20.9 Å². The molecule has 0 radical (unpaired) electrons. The summed E-state index contributed by atoms with van der Waals surface area (Å²) in [7, 11) is 0. The van der Waals surface area contributed by atoms with Crippen molar-refractivity contribution >= 4 is 11.9 Å². The van der Waals surface area contributed by atoms with Crippen LogP contribution in [0.5, 0.6) is 0 Å². The highest BCUT2D eigenvalue weighted by atomic mass is 16.4. The van der Waals surface area contributed by atoms with Crippen molar-refractivity contribution in [2.75, 3.05) is 13.1 Å². The number of aromatic nitrogens is 1. The van der Waals surface area contributed by atoms with Crippen molar-refractivity contribution in [1.29, 1.82) is 0 Å². The molecule has 156 valence electrons. The maximum atomic E-state index is 11.9. The molecule has 1 saturated carbocycles. The number of nitrogens with zero attached hydrogens (tertiary/aromatic N) is 1. The summed E-state index contributed by atoms with van der Waals surface area (Å²) in [6, 6.07) is 9.95. The Hall–Kier alpha value is -2.83. The van der Waals surface area contributed by atoms with E-state index in [1.807, 2.05) is 30.3 Å². The topological polar surface area (TPSA) is 96.3 Å². The average molecular weight is 399 g/mol. The van der Waals surface area contributed by atoms with Crippen molar-refractivity contribution in [2.24, 2.45) is 0 Å². The second-order valence-electron chi connectivity index (χ2n) is 7.42. The minimum Gasteiger partial charge on any atom is -0.441 e. The van der Waals surface area contributed by atoms with Crippen molar-refractivity contribution < 1.29 is 14.0 Å². The van der Waals surface area contributed by atoms with Crippen molar-refractivity contribution in [3.8, 4) is 11.3 Å². The van der Waals surface area contributed by atoms with Crippen molar-refractivity contribution in [3.63, 3.8) is 0 Å². The van der Waals surface area contributed by atoms with Crippen LogP contribution in [0.15, 0.2) is 40.9 Å². The van der Waals surface area contributed by atoms with E-state index in [-0.39, 0.29) is 18.0 Å². The predicted octanol–water partition coefficient (Wildman–Crippen LogP) is 3.41. The maximum absolute atomic E-state index is 11.9. The third-order valence-electron chi connectivity index (χ3n) is 5.08. The second kappa shape index (κ2) is 11.2. The van der Waals surface area contributed by atoms with Gasteiger partial charge < -0.3 is 20.4 Å². The lowest BCUT2D eigenvalue weighted by Crippen LogP contribution is -2.45. The van der Waals surface area contributed by atoms with Crippen LogP contribution in [0.3, 0.4) is 0 Å². The average Bonchev–Trinajstić information content (AvgIpc) is 3.22. The molecular weight excluding hydrogens is 368 g/mol. The first-order valence-corrected chi connectivity index (χ1v) is 10.5. The van der Waals surface area contributed by atoms with E-state index in [1.54, 1.807) is 6.20 Å². The Morgan fingerprint density at radius 3 is 2.59 bits per heavy atom. The molecule has 0 atom stereocenters. The molecule has 0 aliphatic heterocycles. The van der Waals surface area contributed by atoms with Gasteiger partial charge in [-0.25, -0.2) is 9.78 Å². The number of hydrogen-bond donors (Lipinski definition) is 3. The molecule has 1 fully saturated rings. The highest BCUT2D eigenvalue weighted by molar-refractivity contribution is 5.76. The van der Waals surface area contributed by atoms with Gasteiger partial charge in [-0.15, -0.1) is 0 Å². The summed E-state index contributed by atoms with van der Waals surface area (Å²) < 4.78 is 5.74. The van der Waals surface area contributed by atoms with Gasteiger partial charge in [0.25, 0.3) is 0 Å². The van der Waals surface area contributed by atoms with Crippen LogP contribution < -0.4 is 16.0 Å². The van der Waals surface area contributed by atoms with E-state index in [1.165, 1.54) is 19.3 Å². The van der Waals surface area contributed by atoms with Crippen molar-refractivity contribution in [2.45, 2.75) is 57.4 Å². The summed E-state index contributed by atoms with van der Waals surface area (Å²) in [6.07, 6.45) is 9.13. The monoisotopic (exact) mass is 398 g/mol. The summed E-state index contributed by atoms with van der Waals surface area (Å²) >= 11 is 0. The first-order valence-electron chi connectivity index (χ1n) is 10.5. The van der Waals surface area contributed by atoms with Gasteiger partial charge in [-0.1, -0.05) is 49.6 Å². The highest BCUT2D eigenvalue weighted by Crippen LogP contribution is 2.20.